The van der Waals surface area contributed by atoms with E-state index in [4.69, 9.17) is 9.47 Å². The van der Waals surface area contributed by atoms with Crippen molar-refractivity contribution in [2.45, 2.75) is 31.9 Å². The predicted octanol–water partition coefficient (Wildman–Crippen LogP) is 3.24. The second kappa shape index (κ2) is 8.38. The minimum absolute atomic E-state index is 0.235. The first kappa shape index (κ1) is 21.7. The van der Waals surface area contributed by atoms with Crippen LogP contribution in [0.15, 0.2) is 30.5 Å². The Bertz CT molecular complexity index is 861. The first-order valence-electron chi connectivity index (χ1n) is 9.11. The van der Waals surface area contributed by atoms with Crippen LogP contribution in [-0.4, -0.2) is 58.1 Å². The first-order chi connectivity index (χ1) is 14.0. The number of nitrogens with zero attached hydrogens (tertiary/aromatic N) is 4. The van der Waals surface area contributed by atoms with Gasteiger partial charge in [0.15, 0.2) is 0 Å². The molecule has 30 heavy (non-hydrogen) atoms. The molecule has 0 amide bonds. The zero-order valence-electron chi connectivity index (χ0n) is 16.4. The Kier molecular flexibility index (Phi) is 6.06. The van der Waals surface area contributed by atoms with Gasteiger partial charge in [-0.3, -0.25) is 4.57 Å². The Morgan fingerprint density at radius 3 is 2.60 bits per heavy atom. The lowest BCUT2D eigenvalue weighted by atomic mass is 10.1. The van der Waals surface area contributed by atoms with E-state index in [-0.39, 0.29) is 17.6 Å². The number of benzene rings is 1. The van der Waals surface area contributed by atoms with Gasteiger partial charge in [-0.1, -0.05) is 0 Å². The van der Waals surface area contributed by atoms with Crippen molar-refractivity contribution in [1.82, 2.24) is 14.5 Å². The van der Waals surface area contributed by atoms with Gasteiger partial charge in [0, 0.05) is 18.1 Å². The summed E-state index contributed by atoms with van der Waals surface area (Å²) in [5.74, 6) is -0.0921. The fraction of sp³-hybridized carbons (Fsp3) is 0.500. The predicted molar refractivity (Wildman–Crippen MR) is 98.6 cm³/mol. The van der Waals surface area contributed by atoms with Gasteiger partial charge in [0.05, 0.1) is 13.2 Å². The molecule has 2 aromatic rings. The van der Waals surface area contributed by atoms with E-state index >= 15 is 0 Å². The monoisotopic (exact) mass is 430 g/mol. The summed E-state index contributed by atoms with van der Waals surface area (Å²) in [7, 11) is 1.92. The van der Waals surface area contributed by atoms with Crippen LogP contribution in [0.2, 0.25) is 0 Å². The summed E-state index contributed by atoms with van der Waals surface area (Å²) in [5, 5.41) is 10.8. The van der Waals surface area contributed by atoms with Gasteiger partial charge < -0.3 is 29.2 Å². The molecule has 3 rings (SSSR count). The summed E-state index contributed by atoms with van der Waals surface area (Å²) in [6.45, 7) is 4.01. The molecule has 0 N–H and O–H groups in total. The van der Waals surface area contributed by atoms with Gasteiger partial charge in [-0.05, 0) is 49.6 Å². The van der Waals surface area contributed by atoms with E-state index in [0.29, 0.717) is 38.4 Å². The van der Waals surface area contributed by atoms with Crippen LogP contribution in [0, 0.1) is 10.1 Å². The summed E-state index contributed by atoms with van der Waals surface area (Å²) in [6, 6.07) is 5.46. The van der Waals surface area contributed by atoms with Crippen LogP contribution < -0.4 is 14.2 Å². The van der Waals surface area contributed by atoms with Crippen LogP contribution in [0.5, 0.6) is 17.5 Å². The van der Waals surface area contributed by atoms with Crippen molar-refractivity contribution in [3.8, 4) is 17.5 Å². The highest BCUT2D eigenvalue weighted by Crippen LogP contribution is 2.31. The van der Waals surface area contributed by atoms with E-state index in [1.165, 1.54) is 30.5 Å². The lowest BCUT2D eigenvalue weighted by molar-refractivity contribution is -0.389. The zero-order valence-corrected chi connectivity index (χ0v) is 16.4. The number of fused-ring (bicyclic) bond motifs is 1. The lowest BCUT2D eigenvalue weighted by Gasteiger charge is -2.28. The Balaban J connectivity index is 1.38. The van der Waals surface area contributed by atoms with Crippen LogP contribution in [-0.2, 0) is 6.54 Å². The van der Waals surface area contributed by atoms with Crippen LogP contribution >= 0.6 is 0 Å². The van der Waals surface area contributed by atoms with Crippen LogP contribution in [0.3, 0.4) is 0 Å². The molecule has 2 heterocycles. The van der Waals surface area contributed by atoms with Gasteiger partial charge >= 0.3 is 18.2 Å². The molecule has 12 heteroatoms. The number of nitro groups is 1. The van der Waals surface area contributed by atoms with Gasteiger partial charge in [-0.25, -0.2) is 0 Å². The number of ether oxygens (including phenoxy) is 3. The average Bonchev–Trinajstić information content (AvgIpc) is 3.13. The number of hydrogen-bond acceptors (Lipinski definition) is 7. The lowest BCUT2D eigenvalue weighted by Crippen LogP contribution is -2.43. The van der Waals surface area contributed by atoms with E-state index < -0.39 is 16.9 Å². The van der Waals surface area contributed by atoms with Crippen molar-refractivity contribution in [2.24, 2.45) is 0 Å². The number of hydrogen-bond donors (Lipinski definition) is 0. The molecule has 1 aliphatic heterocycles. The van der Waals surface area contributed by atoms with Crippen molar-refractivity contribution >= 4 is 5.82 Å². The minimum atomic E-state index is -4.72. The molecule has 0 spiro atoms. The molecule has 164 valence electrons. The highest BCUT2D eigenvalue weighted by molar-refractivity contribution is 5.31. The Morgan fingerprint density at radius 2 is 2.00 bits per heavy atom. The topological polar surface area (TPSA) is 91.9 Å². The fourth-order valence-electron chi connectivity index (χ4n) is 3.28. The minimum Gasteiger partial charge on any atom is -0.494 e. The summed E-state index contributed by atoms with van der Waals surface area (Å²) in [4.78, 5) is 16.1. The first-order valence-corrected chi connectivity index (χ1v) is 9.11. The van der Waals surface area contributed by atoms with Gasteiger partial charge in [0.2, 0.25) is 0 Å². The molecule has 1 aromatic heterocycles. The molecule has 1 atom stereocenters. The molecule has 0 aliphatic carbocycles. The largest absolute Gasteiger partial charge is 0.573 e. The van der Waals surface area contributed by atoms with Crippen molar-refractivity contribution < 1.29 is 32.3 Å². The molecule has 1 aliphatic rings. The van der Waals surface area contributed by atoms with Gasteiger partial charge in [0.25, 0.3) is 0 Å². The summed E-state index contributed by atoms with van der Waals surface area (Å²) in [6.07, 6.45) is -2.68. The van der Waals surface area contributed by atoms with Gasteiger partial charge in [-0.15, -0.1) is 13.2 Å². The van der Waals surface area contributed by atoms with Crippen LogP contribution in [0.25, 0.3) is 0 Å². The molecule has 0 bridgehead atoms. The number of likely N-dealkylation sites (N-methyl/N-ethyl adjacent to an activating group) is 1. The standard InChI is InChI=1S/C18H21F3N4O5/c1-17(12-24-10-15(25(26)27)22-16(24)30-17)11-23(2)8-3-9-28-13-4-6-14(7-5-13)29-18(19,20)21/h4-7,10H,3,8-9,11-12H2,1-2H3. The van der Waals surface area contributed by atoms with Crippen molar-refractivity contribution in [2.75, 3.05) is 26.7 Å². The highest BCUT2D eigenvalue weighted by Gasteiger charge is 2.40. The maximum absolute atomic E-state index is 12.1. The van der Waals surface area contributed by atoms with Crippen molar-refractivity contribution in [1.29, 1.82) is 0 Å². The molecular formula is C18H21F3N4O5. The highest BCUT2D eigenvalue weighted by atomic mass is 19.4. The van der Waals surface area contributed by atoms with Crippen LogP contribution in [0.1, 0.15) is 13.3 Å². The quantitative estimate of drug-likeness (QED) is 0.343. The smallest absolute Gasteiger partial charge is 0.494 e. The molecule has 0 fully saturated rings. The van der Waals surface area contributed by atoms with E-state index in [1.54, 1.807) is 4.57 Å². The van der Waals surface area contributed by atoms with Gasteiger partial charge in [0.1, 0.15) is 23.3 Å². The molecule has 1 aromatic carbocycles. The number of halogens is 3. The third kappa shape index (κ3) is 5.75. The summed E-state index contributed by atoms with van der Waals surface area (Å²) >= 11 is 0. The summed E-state index contributed by atoms with van der Waals surface area (Å²) in [5.41, 5.74) is -0.554. The maximum Gasteiger partial charge on any atom is 0.573 e. The number of rotatable bonds is 9. The normalized spacial score (nSPS) is 18.2. The molecule has 1 unspecified atom stereocenters. The molecule has 0 radical (unpaired) electrons. The number of alkyl halides is 3. The molecule has 9 nitrogen and oxygen atoms in total. The SMILES string of the molecule is CN(CCCOc1ccc(OC(F)(F)F)cc1)CC1(C)Cn2cc([N+](=O)[O-])nc2O1. The Labute approximate surface area is 170 Å². The van der Waals surface area contributed by atoms with E-state index in [9.17, 15) is 23.3 Å². The third-order valence-corrected chi connectivity index (χ3v) is 4.37. The van der Waals surface area contributed by atoms with E-state index in [1.807, 2.05) is 18.9 Å². The number of aromatic nitrogens is 2. The van der Waals surface area contributed by atoms with E-state index in [2.05, 4.69) is 9.72 Å². The van der Waals surface area contributed by atoms with E-state index in [0.717, 1.165) is 0 Å². The van der Waals surface area contributed by atoms with Crippen molar-refractivity contribution in [3.63, 3.8) is 0 Å². The molecular weight excluding hydrogens is 409 g/mol. The Hall–Kier alpha value is -3.02. The van der Waals surface area contributed by atoms with Gasteiger partial charge in [-0.2, -0.15) is 0 Å². The molecule has 0 saturated heterocycles. The van der Waals surface area contributed by atoms with Crippen molar-refractivity contribution in [3.05, 3.63) is 40.6 Å². The average molecular weight is 430 g/mol. The molecule has 0 saturated carbocycles. The van der Waals surface area contributed by atoms with Crippen LogP contribution in [0.4, 0.5) is 19.0 Å². The maximum atomic E-state index is 12.1. The fourth-order valence-corrected chi connectivity index (χ4v) is 3.28. The third-order valence-electron chi connectivity index (χ3n) is 4.37. The second-order valence-electron chi connectivity index (χ2n) is 7.28. The second-order valence-corrected chi connectivity index (χ2v) is 7.28. The summed E-state index contributed by atoms with van der Waals surface area (Å²) < 4.78 is 53.2. The zero-order chi connectivity index (χ0) is 21.9. The number of imidazole rings is 1. The Morgan fingerprint density at radius 1 is 1.33 bits per heavy atom.